The average molecular weight is 345 g/mol. The number of carbonyl (C=O) groups is 1. The number of rotatable bonds is 6. The minimum absolute atomic E-state index is 0.183. The molecule has 0 aliphatic carbocycles. The van der Waals surface area contributed by atoms with Crippen molar-refractivity contribution in [2.75, 3.05) is 0 Å². The third-order valence-electron chi connectivity index (χ3n) is 4.45. The smallest absolute Gasteiger partial charge is 0.251 e. The van der Waals surface area contributed by atoms with Crippen LogP contribution in [0.15, 0.2) is 84.9 Å². The van der Waals surface area contributed by atoms with E-state index in [0.29, 0.717) is 12.0 Å². The minimum Gasteiger partial charge on any atom is -0.386 e. The van der Waals surface area contributed by atoms with Crippen LogP contribution < -0.4 is 5.32 Å². The molecule has 3 nitrogen and oxygen atoms in total. The third-order valence-corrected chi connectivity index (χ3v) is 4.45. The molecule has 0 fully saturated rings. The number of hydrogen-bond donors (Lipinski definition) is 2. The van der Waals surface area contributed by atoms with Crippen molar-refractivity contribution in [1.82, 2.24) is 5.32 Å². The van der Waals surface area contributed by atoms with Gasteiger partial charge in [-0.2, -0.15) is 0 Å². The Hall–Kier alpha value is -2.91. The average Bonchev–Trinajstić information content (AvgIpc) is 2.69. The van der Waals surface area contributed by atoms with Crippen LogP contribution in [-0.4, -0.2) is 17.1 Å². The highest BCUT2D eigenvalue weighted by Crippen LogP contribution is 2.21. The van der Waals surface area contributed by atoms with Crippen molar-refractivity contribution in [3.8, 4) is 0 Å². The summed E-state index contributed by atoms with van der Waals surface area (Å²) in [6, 6.07) is 26.3. The second-order valence-electron chi connectivity index (χ2n) is 6.49. The van der Waals surface area contributed by atoms with Gasteiger partial charge in [-0.1, -0.05) is 78.4 Å². The summed E-state index contributed by atoms with van der Waals surface area (Å²) in [6.45, 7) is 2.01. The summed E-state index contributed by atoms with van der Waals surface area (Å²) in [4.78, 5) is 12.6. The van der Waals surface area contributed by atoms with Crippen molar-refractivity contribution in [3.05, 3.63) is 107 Å². The first-order chi connectivity index (χ1) is 12.6. The molecule has 3 aromatic rings. The molecule has 0 heterocycles. The number of aryl methyl sites for hydroxylation is 1. The van der Waals surface area contributed by atoms with Gasteiger partial charge in [-0.25, -0.2) is 0 Å². The van der Waals surface area contributed by atoms with Crippen molar-refractivity contribution >= 4 is 5.91 Å². The lowest BCUT2D eigenvalue weighted by Gasteiger charge is -2.25. The van der Waals surface area contributed by atoms with E-state index in [9.17, 15) is 9.90 Å². The molecule has 3 rings (SSSR count). The van der Waals surface area contributed by atoms with Crippen LogP contribution in [0.1, 0.15) is 33.2 Å². The number of nitrogens with one attached hydrogen (secondary N) is 1. The highest BCUT2D eigenvalue weighted by Gasteiger charge is 2.23. The van der Waals surface area contributed by atoms with E-state index in [0.717, 1.165) is 16.7 Å². The Morgan fingerprint density at radius 2 is 1.46 bits per heavy atom. The molecule has 2 atom stereocenters. The molecular formula is C23H23NO2. The Morgan fingerprint density at radius 1 is 0.885 bits per heavy atom. The normalized spacial score (nSPS) is 13.0. The van der Waals surface area contributed by atoms with Crippen molar-refractivity contribution in [1.29, 1.82) is 0 Å². The van der Waals surface area contributed by atoms with Crippen LogP contribution >= 0.6 is 0 Å². The van der Waals surface area contributed by atoms with Gasteiger partial charge in [-0.15, -0.1) is 0 Å². The predicted octanol–water partition coefficient (Wildman–Crippen LogP) is 4.07. The van der Waals surface area contributed by atoms with Gasteiger partial charge in [0.2, 0.25) is 0 Å². The maximum absolute atomic E-state index is 12.6. The van der Waals surface area contributed by atoms with E-state index in [1.807, 2.05) is 79.7 Å². The lowest BCUT2D eigenvalue weighted by atomic mass is 9.95. The van der Waals surface area contributed by atoms with Gasteiger partial charge in [-0.3, -0.25) is 4.79 Å². The standard InChI is InChI=1S/C23H23NO2/c1-17-12-14-19(15-13-17)22(25)21(16-18-8-4-2-5-9-18)24-23(26)20-10-6-3-7-11-20/h2-15,21-22,25H,16H2,1H3,(H,24,26)/t21-,22+/m0/s1. The SMILES string of the molecule is Cc1ccc([C@@H](O)[C@H](Cc2ccccc2)NC(=O)c2ccccc2)cc1. The first-order valence-electron chi connectivity index (χ1n) is 8.78. The van der Waals surface area contributed by atoms with Crippen LogP contribution in [0.3, 0.4) is 0 Å². The molecule has 2 N–H and O–H groups in total. The van der Waals surface area contributed by atoms with E-state index in [1.165, 1.54) is 0 Å². The molecule has 26 heavy (non-hydrogen) atoms. The monoisotopic (exact) mass is 345 g/mol. The fourth-order valence-electron chi connectivity index (χ4n) is 2.95. The van der Waals surface area contributed by atoms with Crippen molar-refractivity contribution in [3.63, 3.8) is 0 Å². The van der Waals surface area contributed by atoms with Crippen LogP contribution in [0.25, 0.3) is 0 Å². The predicted molar refractivity (Wildman–Crippen MR) is 104 cm³/mol. The summed E-state index contributed by atoms with van der Waals surface area (Å²) < 4.78 is 0. The molecule has 0 radical (unpaired) electrons. The van der Waals surface area contributed by atoms with Gasteiger partial charge in [0.05, 0.1) is 12.1 Å². The Balaban J connectivity index is 1.83. The van der Waals surface area contributed by atoms with Crippen LogP contribution in [0.2, 0.25) is 0 Å². The molecule has 1 amide bonds. The Kier molecular flexibility index (Phi) is 5.82. The van der Waals surface area contributed by atoms with Gasteiger partial charge in [-0.05, 0) is 36.6 Å². The van der Waals surface area contributed by atoms with E-state index in [4.69, 9.17) is 0 Å². The zero-order valence-electron chi connectivity index (χ0n) is 14.8. The number of aliphatic hydroxyl groups is 1. The van der Waals surface area contributed by atoms with Gasteiger partial charge in [0.25, 0.3) is 5.91 Å². The van der Waals surface area contributed by atoms with Crippen molar-refractivity contribution < 1.29 is 9.90 Å². The molecule has 132 valence electrons. The molecule has 0 saturated heterocycles. The van der Waals surface area contributed by atoms with E-state index >= 15 is 0 Å². The molecule has 0 saturated carbocycles. The molecule has 0 aliphatic rings. The van der Waals surface area contributed by atoms with Crippen LogP contribution in [0.4, 0.5) is 0 Å². The zero-order chi connectivity index (χ0) is 18.4. The highest BCUT2D eigenvalue weighted by molar-refractivity contribution is 5.94. The van der Waals surface area contributed by atoms with Gasteiger partial charge in [0.1, 0.15) is 0 Å². The fourth-order valence-corrected chi connectivity index (χ4v) is 2.95. The van der Waals surface area contributed by atoms with Crippen LogP contribution in [0, 0.1) is 6.92 Å². The van der Waals surface area contributed by atoms with Gasteiger partial charge >= 0.3 is 0 Å². The zero-order valence-corrected chi connectivity index (χ0v) is 14.8. The first kappa shape index (κ1) is 17.9. The highest BCUT2D eigenvalue weighted by atomic mass is 16.3. The second-order valence-corrected chi connectivity index (χ2v) is 6.49. The van der Waals surface area contributed by atoms with Crippen molar-refractivity contribution in [2.24, 2.45) is 0 Å². The maximum atomic E-state index is 12.6. The fraction of sp³-hybridized carbons (Fsp3) is 0.174. The molecule has 3 heteroatoms. The van der Waals surface area contributed by atoms with Gasteiger partial charge < -0.3 is 10.4 Å². The largest absolute Gasteiger partial charge is 0.386 e. The molecule has 0 bridgehead atoms. The maximum Gasteiger partial charge on any atom is 0.251 e. The first-order valence-corrected chi connectivity index (χ1v) is 8.78. The quantitative estimate of drug-likeness (QED) is 0.707. The summed E-state index contributed by atoms with van der Waals surface area (Å²) in [7, 11) is 0. The van der Waals surface area contributed by atoms with E-state index in [1.54, 1.807) is 12.1 Å². The summed E-state index contributed by atoms with van der Waals surface area (Å²) in [5, 5.41) is 13.9. The number of benzene rings is 3. The Morgan fingerprint density at radius 3 is 2.08 bits per heavy atom. The molecular weight excluding hydrogens is 322 g/mol. The van der Waals surface area contributed by atoms with Gasteiger partial charge in [0, 0.05) is 5.56 Å². The van der Waals surface area contributed by atoms with Crippen LogP contribution in [0.5, 0.6) is 0 Å². The second kappa shape index (κ2) is 8.45. The van der Waals surface area contributed by atoms with Crippen molar-refractivity contribution in [2.45, 2.75) is 25.5 Å². The summed E-state index contributed by atoms with van der Waals surface area (Å²) in [6.07, 6.45) is -0.238. The van der Waals surface area contributed by atoms with Gasteiger partial charge in [0.15, 0.2) is 0 Å². The van der Waals surface area contributed by atoms with E-state index < -0.39 is 12.1 Å². The number of hydrogen-bond acceptors (Lipinski definition) is 2. The third kappa shape index (κ3) is 4.58. The lowest BCUT2D eigenvalue weighted by molar-refractivity contribution is 0.0832. The number of aliphatic hydroxyl groups excluding tert-OH is 1. The molecule has 0 spiro atoms. The lowest BCUT2D eigenvalue weighted by Crippen LogP contribution is -2.41. The number of amides is 1. The minimum atomic E-state index is -0.788. The molecule has 3 aromatic carbocycles. The molecule has 0 aliphatic heterocycles. The Labute approximate surface area is 154 Å². The van der Waals surface area contributed by atoms with E-state index in [-0.39, 0.29) is 5.91 Å². The summed E-state index contributed by atoms with van der Waals surface area (Å²) >= 11 is 0. The van der Waals surface area contributed by atoms with Crippen LogP contribution in [-0.2, 0) is 6.42 Å². The molecule has 0 unspecified atom stereocenters. The Bertz CT molecular complexity index is 829. The number of carbonyl (C=O) groups excluding carboxylic acids is 1. The summed E-state index contributed by atoms with van der Waals surface area (Å²) in [5.41, 5.74) is 3.58. The molecule has 0 aromatic heterocycles. The summed E-state index contributed by atoms with van der Waals surface area (Å²) in [5.74, 6) is -0.183. The topological polar surface area (TPSA) is 49.3 Å². The van der Waals surface area contributed by atoms with E-state index in [2.05, 4.69) is 5.32 Å².